The Morgan fingerprint density at radius 3 is 2.67 bits per heavy atom. The van der Waals surface area contributed by atoms with E-state index in [0.717, 1.165) is 33.5 Å². The predicted octanol–water partition coefficient (Wildman–Crippen LogP) is 1.76. The van der Waals surface area contributed by atoms with Gasteiger partial charge in [0.25, 0.3) is 0 Å². The summed E-state index contributed by atoms with van der Waals surface area (Å²) in [6.45, 7) is 5.37. The van der Waals surface area contributed by atoms with Crippen LogP contribution in [0.25, 0.3) is 0 Å². The molecule has 0 bridgehead atoms. The summed E-state index contributed by atoms with van der Waals surface area (Å²) in [5, 5.41) is 8.86. The molecule has 2 heterocycles. The average molecular weight is 312 g/mol. The molecule has 0 unspecified atom stereocenters. The van der Waals surface area contributed by atoms with Crippen LogP contribution >= 0.6 is 15.9 Å². The molecular weight excluding hydrogens is 294 g/mol. The molecular formula is C12H18BrN5. The number of nitrogens with zero attached hydrogens (tertiary/aromatic N) is 4. The lowest BCUT2D eigenvalue weighted by Gasteiger charge is -2.06. The molecule has 0 atom stereocenters. The van der Waals surface area contributed by atoms with Crippen molar-refractivity contribution >= 4 is 15.9 Å². The Morgan fingerprint density at radius 1 is 1.44 bits per heavy atom. The number of aryl methyl sites for hydroxylation is 2. The van der Waals surface area contributed by atoms with Gasteiger partial charge in [0.2, 0.25) is 0 Å². The van der Waals surface area contributed by atoms with E-state index in [1.54, 1.807) is 0 Å². The van der Waals surface area contributed by atoms with Crippen molar-refractivity contribution in [1.29, 1.82) is 0 Å². The topological polar surface area (TPSA) is 61.7 Å². The predicted molar refractivity (Wildman–Crippen MR) is 74.2 cm³/mol. The van der Waals surface area contributed by atoms with Crippen LogP contribution in [0, 0.1) is 6.92 Å². The number of halogens is 1. The second-order valence-corrected chi connectivity index (χ2v) is 5.09. The summed E-state index contributed by atoms with van der Waals surface area (Å²) in [5.41, 5.74) is 10.1. The van der Waals surface area contributed by atoms with Gasteiger partial charge in [0.05, 0.1) is 28.6 Å². The Morgan fingerprint density at radius 2 is 2.17 bits per heavy atom. The molecule has 0 aliphatic heterocycles. The maximum atomic E-state index is 5.66. The normalized spacial score (nSPS) is 11.2. The third-order valence-corrected chi connectivity index (χ3v) is 4.14. The van der Waals surface area contributed by atoms with Gasteiger partial charge in [-0.1, -0.05) is 6.92 Å². The second kappa shape index (κ2) is 5.24. The Balaban J connectivity index is 2.34. The van der Waals surface area contributed by atoms with Crippen molar-refractivity contribution < 1.29 is 0 Å². The van der Waals surface area contributed by atoms with Crippen LogP contribution in [0.15, 0.2) is 10.7 Å². The summed E-state index contributed by atoms with van der Waals surface area (Å²) in [5.74, 6) is 0. The first kappa shape index (κ1) is 13.3. The second-order valence-electron chi connectivity index (χ2n) is 4.30. The van der Waals surface area contributed by atoms with Crippen molar-refractivity contribution in [2.45, 2.75) is 33.4 Å². The van der Waals surface area contributed by atoms with E-state index in [2.05, 4.69) is 33.1 Å². The highest BCUT2D eigenvalue weighted by molar-refractivity contribution is 9.10. The molecule has 0 saturated carbocycles. The standard InChI is InChI=1S/C12H18BrN5/c1-4-10-12(13)11(17(3)16-10)7-18-8(2)9(5-14)6-15-18/h6H,4-5,7,14H2,1-3H3. The summed E-state index contributed by atoms with van der Waals surface area (Å²) >= 11 is 3.62. The van der Waals surface area contributed by atoms with Crippen LogP contribution in [0.1, 0.15) is 29.6 Å². The molecule has 0 aliphatic carbocycles. The van der Waals surface area contributed by atoms with Crippen LogP contribution in [-0.2, 0) is 26.6 Å². The van der Waals surface area contributed by atoms with Gasteiger partial charge in [0, 0.05) is 24.8 Å². The molecule has 0 amide bonds. The van der Waals surface area contributed by atoms with Gasteiger partial charge >= 0.3 is 0 Å². The summed E-state index contributed by atoms with van der Waals surface area (Å²) in [6.07, 6.45) is 2.75. The van der Waals surface area contributed by atoms with Gasteiger partial charge in [-0.2, -0.15) is 10.2 Å². The minimum Gasteiger partial charge on any atom is -0.326 e. The van der Waals surface area contributed by atoms with E-state index in [0.29, 0.717) is 13.1 Å². The zero-order valence-electron chi connectivity index (χ0n) is 10.9. The van der Waals surface area contributed by atoms with Gasteiger partial charge in [-0.05, 0) is 29.3 Å². The third-order valence-electron chi connectivity index (χ3n) is 3.23. The van der Waals surface area contributed by atoms with Gasteiger partial charge in [-0.15, -0.1) is 0 Å². The molecule has 18 heavy (non-hydrogen) atoms. The zero-order chi connectivity index (χ0) is 13.3. The number of nitrogens with two attached hydrogens (primary N) is 1. The number of rotatable bonds is 4. The molecule has 2 rings (SSSR count). The summed E-state index contributed by atoms with van der Waals surface area (Å²) < 4.78 is 4.95. The molecule has 2 aromatic rings. The molecule has 2 N–H and O–H groups in total. The maximum Gasteiger partial charge on any atom is 0.0842 e. The molecule has 0 fully saturated rings. The van der Waals surface area contributed by atoms with Gasteiger partial charge in [-0.25, -0.2) is 0 Å². The first-order chi connectivity index (χ1) is 8.58. The quantitative estimate of drug-likeness (QED) is 0.936. The summed E-state index contributed by atoms with van der Waals surface area (Å²) in [6, 6.07) is 0. The van der Waals surface area contributed by atoms with E-state index in [1.165, 1.54) is 0 Å². The van der Waals surface area contributed by atoms with Crippen molar-refractivity contribution in [3.05, 3.63) is 33.3 Å². The van der Waals surface area contributed by atoms with E-state index in [-0.39, 0.29) is 0 Å². The Hall–Kier alpha value is -1.14. The SMILES string of the molecule is CCc1nn(C)c(Cn2ncc(CN)c2C)c1Br. The zero-order valence-corrected chi connectivity index (χ0v) is 12.5. The Kier molecular flexibility index (Phi) is 3.87. The van der Waals surface area contributed by atoms with Crippen LogP contribution in [0.3, 0.4) is 0 Å². The fraction of sp³-hybridized carbons (Fsp3) is 0.500. The van der Waals surface area contributed by atoms with E-state index < -0.39 is 0 Å². The van der Waals surface area contributed by atoms with Gasteiger partial charge < -0.3 is 5.73 Å². The van der Waals surface area contributed by atoms with Crippen LogP contribution in [0.5, 0.6) is 0 Å². The van der Waals surface area contributed by atoms with Gasteiger partial charge in [-0.3, -0.25) is 9.36 Å². The minimum atomic E-state index is 0.526. The molecule has 0 aliphatic rings. The van der Waals surface area contributed by atoms with Gasteiger partial charge in [0.15, 0.2) is 0 Å². The Labute approximate surface area is 115 Å². The monoisotopic (exact) mass is 311 g/mol. The highest BCUT2D eigenvalue weighted by Gasteiger charge is 2.14. The average Bonchev–Trinajstić information content (AvgIpc) is 2.84. The highest BCUT2D eigenvalue weighted by Crippen LogP contribution is 2.22. The molecule has 0 spiro atoms. The number of hydrogen-bond donors (Lipinski definition) is 1. The third kappa shape index (κ3) is 2.22. The fourth-order valence-corrected chi connectivity index (χ4v) is 2.72. The van der Waals surface area contributed by atoms with Crippen LogP contribution in [0.2, 0.25) is 0 Å². The lowest BCUT2D eigenvalue weighted by Crippen LogP contribution is -2.09. The van der Waals surface area contributed by atoms with E-state index >= 15 is 0 Å². The van der Waals surface area contributed by atoms with Crippen molar-refractivity contribution in [1.82, 2.24) is 19.6 Å². The van der Waals surface area contributed by atoms with Crippen molar-refractivity contribution in [2.75, 3.05) is 0 Å². The first-order valence-corrected chi connectivity index (χ1v) is 6.79. The van der Waals surface area contributed by atoms with Crippen LogP contribution < -0.4 is 5.73 Å². The first-order valence-electron chi connectivity index (χ1n) is 6.00. The molecule has 2 aromatic heterocycles. The summed E-state index contributed by atoms with van der Waals surface area (Å²) in [7, 11) is 1.96. The molecule has 98 valence electrons. The van der Waals surface area contributed by atoms with Crippen LogP contribution in [-0.4, -0.2) is 19.6 Å². The van der Waals surface area contributed by atoms with Gasteiger partial charge in [0.1, 0.15) is 0 Å². The highest BCUT2D eigenvalue weighted by atomic mass is 79.9. The molecule has 5 nitrogen and oxygen atoms in total. The van der Waals surface area contributed by atoms with Crippen molar-refractivity contribution in [3.63, 3.8) is 0 Å². The maximum absolute atomic E-state index is 5.66. The lowest BCUT2D eigenvalue weighted by atomic mass is 10.2. The molecule has 0 saturated heterocycles. The molecule has 0 aromatic carbocycles. The summed E-state index contributed by atoms with van der Waals surface area (Å²) in [4.78, 5) is 0. The van der Waals surface area contributed by atoms with E-state index in [9.17, 15) is 0 Å². The number of aromatic nitrogens is 4. The number of hydrogen-bond acceptors (Lipinski definition) is 3. The smallest absolute Gasteiger partial charge is 0.0842 e. The Bertz CT molecular complexity index is 555. The molecule has 6 heteroatoms. The molecule has 0 radical (unpaired) electrons. The van der Waals surface area contributed by atoms with Crippen LogP contribution in [0.4, 0.5) is 0 Å². The van der Waals surface area contributed by atoms with Crippen molar-refractivity contribution in [3.8, 4) is 0 Å². The lowest BCUT2D eigenvalue weighted by molar-refractivity contribution is 0.603. The van der Waals surface area contributed by atoms with Crippen molar-refractivity contribution in [2.24, 2.45) is 12.8 Å². The largest absolute Gasteiger partial charge is 0.326 e. The minimum absolute atomic E-state index is 0.526. The van der Waals surface area contributed by atoms with E-state index in [4.69, 9.17) is 5.73 Å². The fourth-order valence-electron chi connectivity index (χ4n) is 1.98. The van der Waals surface area contributed by atoms with E-state index in [1.807, 2.05) is 29.5 Å².